The number of benzene rings is 1. The molecule has 0 aliphatic rings. The molecule has 118 valence electrons. The predicted octanol–water partition coefficient (Wildman–Crippen LogP) is 3.01. The molecule has 0 aliphatic heterocycles. The summed E-state index contributed by atoms with van der Waals surface area (Å²) in [5, 5.41) is 1.49. The quantitative estimate of drug-likeness (QED) is 0.582. The Hall–Kier alpha value is -2.54. The van der Waals surface area contributed by atoms with Gasteiger partial charge in [-0.05, 0) is 30.0 Å². The van der Waals surface area contributed by atoms with Crippen LogP contribution < -0.4 is 15.2 Å². The molecule has 2 aromatic heterocycles. The predicted molar refractivity (Wildman–Crippen MR) is 92.1 cm³/mol. The molecule has 0 amide bonds. The van der Waals surface area contributed by atoms with Gasteiger partial charge in [0, 0.05) is 23.2 Å². The summed E-state index contributed by atoms with van der Waals surface area (Å²) in [6, 6.07) is 7.51. The van der Waals surface area contributed by atoms with Crippen LogP contribution in [0.25, 0.3) is 22.2 Å². The maximum absolute atomic E-state index is 6.13. The molecule has 3 aromatic rings. The molecule has 2 heterocycles. The van der Waals surface area contributed by atoms with Crippen molar-refractivity contribution < 1.29 is 9.47 Å². The van der Waals surface area contributed by atoms with Crippen molar-refractivity contribution in [3.63, 3.8) is 0 Å². The van der Waals surface area contributed by atoms with Crippen LogP contribution in [0.1, 0.15) is 0 Å². The molecule has 0 atom stereocenters. The van der Waals surface area contributed by atoms with Crippen molar-refractivity contribution in [1.29, 1.82) is 0 Å². The van der Waals surface area contributed by atoms with Crippen LogP contribution in [0.4, 0.5) is 5.82 Å². The van der Waals surface area contributed by atoms with E-state index in [2.05, 4.69) is 15.0 Å². The minimum Gasteiger partial charge on any atom is -0.497 e. The van der Waals surface area contributed by atoms with Gasteiger partial charge in [0.25, 0.3) is 0 Å². The fourth-order valence-corrected chi connectivity index (χ4v) is 2.59. The summed E-state index contributed by atoms with van der Waals surface area (Å²) in [6.45, 7) is 0. The van der Waals surface area contributed by atoms with Gasteiger partial charge in [-0.2, -0.15) is 0 Å². The minimum absolute atomic E-state index is 0.401. The number of anilines is 1. The largest absolute Gasteiger partial charge is 0.497 e. The second-order valence-electron chi connectivity index (χ2n) is 4.79. The summed E-state index contributed by atoms with van der Waals surface area (Å²) in [7, 11) is 3.22. The molecule has 2 N–H and O–H groups in total. The molecule has 3 rings (SSSR count). The van der Waals surface area contributed by atoms with E-state index < -0.39 is 0 Å². The molecule has 23 heavy (non-hydrogen) atoms. The highest BCUT2D eigenvalue weighted by Gasteiger charge is 2.11. The van der Waals surface area contributed by atoms with Crippen molar-refractivity contribution in [2.24, 2.45) is 0 Å². The van der Waals surface area contributed by atoms with Crippen LogP contribution in [0.2, 0.25) is 0 Å². The fourth-order valence-electron chi connectivity index (χ4n) is 2.25. The lowest BCUT2D eigenvalue weighted by atomic mass is 10.0. The summed E-state index contributed by atoms with van der Waals surface area (Å²) in [4.78, 5) is 13.1. The van der Waals surface area contributed by atoms with Gasteiger partial charge in [-0.3, -0.25) is 0 Å². The van der Waals surface area contributed by atoms with Gasteiger partial charge >= 0.3 is 0 Å². The Balaban J connectivity index is 2.18. The van der Waals surface area contributed by atoms with Crippen LogP contribution in [0.3, 0.4) is 0 Å². The summed E-state index contributed by atoms with van der Waals surface area (Å²) in [5.41, 5.74) is 8.37. The molecule has 0 unspecified atom stereocenters. The third-order valence-electron chi connectivity index (χ3n) is 3.42. The third-order valence-corrected chi connectivity index (χ3v) is 3.98. The molecular formula is C16H16N4O2S. The summed E-state index contributed by atoms with van der Waals surface area (Å²) in [6.07, 6.45) is 3.67. The Morgan fingerprint density at radius 2 is 1.70 bits per heavy atom. The number of nitrogens with two attached hydrogens (primary N) is 1. The maximum atomic E-state index is 6.13. The monoisotopic (exact) mass is 328 g/mol. The van der Waals surface area contributed by atoms with Gasteiger partial charge < -0.3 is 15.2 Å². The molecule has 0 bridgehead atoms. The number of pyridine rings is 1. The summed E-state index contributed by atoms with van der Waals surface area (Å²) >= 11 is 1.46. The normalized spacial score (nSPS) is 10.7. The van der Waals surface area contributed by atoms with E-state index in [4.69, 9.17) is 15.2 Å². The highest BCUT2D eigenvalue weighted by Crippen LogP contribution is 2.33. The maximum Gasteiger partial charge on any atom is 0.189 e. The van der Waals surface area contributed by atoms with E-state index in [9.17, 15) is 0 Å². The lowest BCUT2D eigenvalue weighted by Gasteiger charge is -2.11. The van der Waals surface area contributed by atoms with Crippen molar-refractivity contribution >= 4 is 28.6 Å². The minimum atomic E-state index is 0.401. The van der Waals surface area contributed by atoms with E-state index in [1.807, 2.05) is 30.5 Å². The average molecular weight is 328 g/mol. The van der Waals surface area contributed by atoms with Gasteiger partial charge in [0.05, 0.1) is 14.2 Å². The zero-order valence-electron chi connectivity index (χ0n) is 13.0. The molecule has 0 saturated carbocycles. The van der Waals surface area contributed by atoms with Gasteiger partial charge in [-0.15, -0.1) is 0 Å². The molecule has 1 aromatic carbocycles. The van der Waals surface area contributed by atoms with Crippen LogP contribution >= 0.6 is 11.8 Å². The van der Waals surface area contributed by atoms with Crippen LogP contribution in [-0.4, -0.2) is 35.4 Å². The highest BCUT2D eigenvalue weighted by atomic mass is 32.2. The van der Waals surface area contributed by atoms with Gasteiger partial charge in [0.1, 0.15) is 17.3 Å². The first-order valence-electron chi connectivity index (χ1n) is 6.85. The third kappa shape index (κ3) is 3.00. The van der Waals surface area contributed by atoms with Crippen molar-refractivity contribution in [3.05, 3.63) is 30.5 Å². The Morgan fingerprint density at radius 3 is 2.30 bits per heavy atom. The highest BCUT2D eigenvalue weighted by molar-refractivity contribution is 7.98. The lowest BCUT2D eigenvalue weighted by molar-refractivity contribution is 0.394. The Bertz CT molecular complexity index is 848. The van der Waals surface area contributed by atoms with Gasteiger partial charge in [0.15, 0.2) is 10.8 Å². The fraction of sp³-hybridized carbons (Fsp3) is 0.188. The van der Waals surface area contributed by atoms with E-state index in [1.54, 1.807) is 20.4 Å². The van der Waals surface area contributed by atoms with E-state index >= 15 is 0 Å². The number of nitrogen functional groups attached to an aromatic ring is 1. The number of nitrogens with zero attached hydrogens (tertiary/aromatic N) is 3. The van der Waals surface area contributed by atoms with Crippen molar-refractivity contribution in [3.8, 4) is 22.6 Å². The molecule has 0 spiro atoms. The first-order valence-corrected chi connectivity index (χ1v) is 8.07. The first-order chi connectivity index (χ1) is 11.1. The Labute approximate surface area is 138 Å². The molecule has 0 fully saturated rings. The number of rotatable bonds is 4. The lowest BCUT2D eigenvalue weighted by Crippen LogP contribution is -1.98. The second-order valence-corrected chi connectivity index (χ2v) is 5.57. The topological polar surface area (TPSA) is 83.2 Å². The van der Waals surface area contributed by atoms with E-state index in [-0.39, 0.29) is 0 Å². The zero-order chi connectivity index (χ0) is 16.4. The molecule has 7 heteroatoms. The number of ether oxygens (including phenoxy) is 2. The number of thioether (sulfide) groups is 1. The number of fused-ring (bicyclic) bond motifs is 1. The van der Waals surface area contributed by atoms with Gasteiger partial charge in [-0.1, -0.05) is 11.8 Å². The molecule has 0 saturated heterocycles. The molecule has 0 aliphatic carbocycles. The molecule has 0 radical (unpaired) electrons. The van der Waals surface area contributed by atoms with Crippen molar-refractivity contribution in [2.75, 3.05) is 26.2 Å². The Kier molecular flexibility index (Phi) is 4.20. The SMILES string of the molecule is COc1cc(OC)cc(-c2cc3cnc(SC)nc3nc2N)c1. The number of aromatic nitrogens is 3. The number of hydrogen-bond donors (Lipinski definition) is 1. The van der Waals surface area contributed by atoms with Crippen LogP contribution in [0, 0.1) is 0 Å². The standard InChI is InChI=1S/C16H16N4O2S/c1-21-11-4-9(5-12(7-11)22-2)13-6-10-8-18-16(23-3)20-15(10)19-14(13)17/h4-8H,1-3H3,(H2,17,18,19,20). The average Bonchev–Trinajstić information content (AvgIpc) is 2.59. The van der Waals surface area contributed by atoms with Crippen LogP contribution in [0.5, 0.6) is 11.5 Å². The number of hydrogen-bond acceptors (Lipinski definition) is 7. The summed E-state index contributed by atoms with van der Waals surface area (Å²) in [5.74, 6) is 1.78. The molecule has 6 nitrogen and oxygen atoms in total. The van der Waals surface area contributed by atoms with Crippen LogP contribution in [-0.2, 0) is 0 Å². The van der Waals surface area contributed by atoms with Gasteiger partial charge in [0.2, 0.25) is 0 Å². The van der Waals surface area contributed by atoms with E-state index in [0.717, 1.165) is 16.5 Å². The molecular weight excluding hydrogens is 312 g/mol. The van der Waals surface area contributed by atoms with Gasteiger partial charge in [-0.25, -0.2) is 15.0 Å². The van der Waals surface area contributed by atoms with Crippen LogP contribution in [0.15, 0.2) is 35.6 Å². The summed E-state index contributed by atoms with van der Waals surface area (Å²) < 4.78 is 10.6. The van der Waals surface area contributed by atoms with E-state index in [1.165, 1.54) is 11.8 Å². The zero-order valence-corrected chi connectivity index (χ0v) is 13.8. The first kappa shape index (κ1) is 15.4. The Morgan fingerprint density at radius 1 is 1.00 bits per heavy atom. The van der Waals surface area contributed by atoms with Crippen molar-refractivity contribution in [2.45, 2.75) is 5.16 Å². The number of methoxy groups -OCH3 is 2. The second kappa shape index (κ2) is 6.29. The van der Waals surface area contributed by atoms with Crippen molar-refractivity contribution in [1.82, 2.24) is 15.0 Å². The smallest absolute Gasteiger partial charge is 0.189 e. The van der Waals surface area contributed by atoms with E-state index in [0.29, 0.717) is 28.1 Å².